The van der Waals surface area contributed by atoms with Crippen LogP contribution in [-0.2, 0) is 4.74 Å². The van der Waals surface area contributed by atoms with E-state index in [1.165, 1.54) is 45.3 Å². The Morgan fingerprint density at radius 1 is 1.20 bits per heavy atom. The highest BCUT2D eigenvalue weighted by atomic mass is 16.5. The van der Waals surface area contributed by atoms with Gasteiger partial charge in [-0.05, 0) is 38.6 Å². The van der Waals surface area contributed by atoms with E-state index in [1.807, 2.05) is 0 Å². The summed E-state index contributed by atoms with van der Waals surface area (Å²) < 4.78 is 5.86. The summed E-state index contributed by atoms with van der Waals surface area (Å²) in [5.74, 6) is 0.954. The number of hydrogen-bond donors (Lipinski definition) is 1. The van der Waals surface area contributed by atoms with Crippen molar-refractivity contribution in [3.05, 3.63) is 0 Å². The molecule has 0 amide bonds. The van der Waals surface area contributed by atoms with Crippen LogP contribution in [0.5, 0.6) is 0 Å². The predicted octanol–water partition coefficient (Wildman–Crippen LogP) is 0.848. The molecule has 0 aromatic heterocycles. The van der Waals surface area contributed by atoms with Crippen molar-refractivity contribution in [1.29, 1.82) is 0 Å². The van der Waals surface area contributed by atoms with Crippen LogP contribution in [0.15, 0.2) is 0 Å². The number of fused-ring (bicyclic) bond motifs is 2. The van der Waals surface area contributed by atoms with Crippen molar-refractivity contribution in [1.82, 2.24) is 10.2 Å². The molecule has 2 bridgehead atoms. The minimum Gasteiger partial charge on any atom is -0.372 e. The van der Waals surface area contributed by atoms with Crippen molar-refractivity contribution in [3.63, 3.8) is 0 Å². The highest BCUT2D eigenvalue weighted by molar-refractivity contribution is 4.91. The molecule has 0 spiro atoms. The Morgan fingerprint density at radius 2 is 1.87 bits per heavy atom. The standard InChI is InChI=1S/C12H22N2O/c1-13-12(9-2-3-9)8-14-6-10-4-5-11(7-14)15-10/h9-13H,2-8H2,1H3. The van der Waals surface area contributed by atoms with Gasteiger partial charge in [-0.2, -0.15) is 0 Å². The number of morpholine rings is 1. The van der Waals surface area contributed by atoms with Crippen LogP contribution in [0.3, 0.4) is 0 Å². The third kappa shape index (κ3) is 2.19. The lowest BCUT2D eigenvalue weighted by Gasteiger charge is -2.34. The molecule has 0 aromatic carbocycles. The van der Waals surface area contributed by atoms with Gasteiger partial charge in [-0.15, -0.1) is 0 Å². The van der Waals surface area contributed by atoms with Crippen molar-refractivity contribution >= 4 is 0 Å². The second kappa shape index (κ2) is 4.04. The van der Waals surface area contributed by atoms with Gasteiger partial charge < -0.3 is 10.1 Å². The lowest BCUT2D eigenvalue weighted by Crippen LogP contribution is -2.48. The number of likely N-dealkylation sites (tertiary alicyclic amines) is 1. The molecule has 1 N–H and O–H groups in total. The quantitative estimate of drug-likeness (QED) is 0.744. The fourth-order valence-corrected chi connectivity index (χ4v) is 3.10. The molecule has 0 radical (unpaired) electrons. The van der Waals surface area contributed by atoms with Crippen LogP contribution in [0.2, 0.25) is 0 Å². The first-order valence-corrected chi connectivity index (χ1v) is 6.40. The topological polar surface area (TPSA) is 24.5 Å². The average Bonchev–Trinajstić information content (AvgIpc) is 3.02. The van der Waals surface area contributed by atoms with E-state index in [2.05, 4.69) is 17.3 Å². The van der Waals surface area contributed by atoms with E-state index >= 15 is 0 Å². The third-order valence-corrected chi connectivity index (χ3v) is 4.14. The average molecular weight is 210 g/mol. The molecule has 2 heterocycles. The van der Waals surface area contributed by atoms with Gasteiger partial charge >= 0.3 is 0 Å². The second-order valence-corrected chi connectivity index (χ2v) is 5.41. The molecule has 1 saturated carbocycles. The molecule has 3 unspecified atom stereocenters. The molecule has 3 nitrogen and oxygen atoms in total. The minimum absolute atomic E-state index is 0.542. The predicted molar refractivity (Wildman–Crippen MR) is 59.9 cm³/mol. The van der Waals surface area contributed by atoms with E-state index in [1.54, 1.807) is 0 Å². The Kier molecular flexibility index (Phi) is 2.71. The molecule has 0 aromatic rings. The summed E-state index contributed by atoms with van der Waals surface area (Å²) in [6.07, 6.45) is 6.52. The van der Waals surface area contributed by atoms with Crippen LogP contribution < -0.4 is 5.32 Å². The van der Waals surface area contributed by atoms with Crippen molar-refractivity contribution in [2.24, 2.45) is 5.92 Å². The number of rotatable bonds is 4. The summed E-state index contributed by atoms with van der Waals surface area (Å²) in [4.78, 5) is 2.62. The SMILES string of the molecule is CNC(CN1CC2CCC(C1)O2)C1CC1. The van der Waals surface area contributed by atoms with Crippen LogP contribution >= 0.6 is 0 Å². The Balaban J connectivity index is 1.54. The summed E-state index contributed by atoms with van der Waals surface area (Å²) in [5, 5.41) is 3.48. The van der Waals surface area contributed by atoms with Crippen LogP contribution in [0, 0.1) is 5.92 Å². The highest BCUT2D eigenvalue weighted by Crippen LogP contribution is 2.34. The van der Waals surface area contributed by atoms with Gasteiger partial charge in [0.05, 0.1) is 12.2 Å². The normalized spacial score (nSPS) is 38.2. The van der Waals surface area contributed by atoms with Crippen molar-refractivity contribution in [2.75, 3.05) is 26.7 Å². The summed E-state index contributed by atoms with van der Waals surface area (Å²) in [5.41, 5.74) is 0. The number of likely N-dealkylation sites (N-methyl/N-ethyl adjacent to an activating group) is 1. The molecular weight excluding hydrogens is 188 g/mol. The Morgan fingerprint density at radius 3 is 2.40 bits per heavy atom. The van der Waals surface area contributed by atoms with Crippen LogP contribution in [0.1, 0.15) is 25.7 Å². The fraction of sp³-hybridized carbons (Fsp3) is 1.00. The Hall–Kier alpha value is -0.120. The number of hydrogen-bond acceptors (Lipinski definition) is 3. The Labute approximate surface area is 92.2 Å². The maximum absolute atomic E-state index is 5.86. The van der Waals surface area contributed by atoms with E-state index < -0.39 is 0 Å². The molecule has 86 valence electrons. The van der Waals surface area contributed by atoms with Crippen molar-refractivity contribution < 1.29 is 4.74 Å². The summed E-state index contributed by atoms with van der Waals surface area (Å²) in [6, 6.07) is 0.725. The molecule has 3 aliphatic rings. The minimum atomic E-state index is 0.542. The van der Waals surface area contributed by atoms with Gasteiger partial charge in [0.15, 0.2) is 0 Å². The van der Waals surface area contributed by atoms with Gasteiger partial charge in [0, 0.05) is 25.7 Å². The molecular formula is C12H22N2O. The largest absolute Gasteiger partial charge is 0.372 e. The molecule has 3 atom stereocenters. The lowest BCUT2D eigenvalue weighted by molar-refractivity contribution is -0.0410. The van der Waals surface area contributed by atoms with Gasteiger partial charge in [-0.3, -0.25) is 4.90 Å². The summed E-state index contributed by atoms with van der Waals surface area (Å²) >= 11 is 0. The van der Waals surface area contributed by atoms with Gasteiger partial charge in [-0.1, -0.05) is 0 Å². The first kappa shape index (κ1) is 10.1. The molecule has 3 fully saturated rings. The molecule has 2 aliphatic heterocycles. The Bertz CT molecular complexity index is 218. The zero-order chi connectivity index (χ0) is 10.3. The maximum Gasteiger partial charge on any atom is 0.0707 e. The van der Waals surface area contributed by atoms with Crippen molar-refractivity contribution in [2.45, 2.75) is 43.9 Å². The monoisotopic (exact) mass is 210 g/mol. The lowest BCUT2D eigenvalue weighted by atomic mass is 10.1. The van der Waals surface area contributed by atoms with E-state index in [-0.39, 0.29) is 0 Å². The number of ether oxygens (including phenoxy) is 1. The van der Waals surface area contributed by atoms with E-state index in [9.17, 15) is 0 Å². The van der Waals surface area contributed by atoms with Gasteiger partial charge in [0.25, 0.3) is 0 Å². The molecule has 3 rings (SSSR count). The molecule has 1 aliphatic carbocycles. The maximum atomic E-state index is 5.86. The summed E-state index contributed by atoms with van der Waals surface area (Å²) in [6.45, 7) is 3.57. The zero-order valence-corrected chi connectivity index (χ0v) is 9.61. The molecule has 3 heteroatoms. The van der Waals surface area contributed by atoms with Gasteiger partial charge in [0.1, 0.15) is 0 Å². The molecule has 15 heavy (non-hydrogen) atoms. The third-order valence-electron chi connectivity index (χ3n) is 4.14. The zero-order valence-electron chi connectivity index (χ0n) is 9.61. The van der Waals surface area contributed by atoms with E-state index in [0.29, 0.717) is 12.2 Å². The highest BCUT2D eigenvalue weighted by Gasteiger charge is 2.37. The van der Waals surface area contributed by atoms with Gasteiger partial charge in [-0.25, -0.2) is 0 Å². The van der Waals surface area contributed by atoms with Gasteiger partial charge in [0.2, 0.25) is 0 Å². The van der Waals surface area contributed by atoms with E-state index in [0.717, 1.165) is 12.0 Å². The van der Waals surface area contributed by atoms with Crippen molar-refractivity contribution in [3.8, 4) is 0 Å². The first-order chi connectivity index (χ1) is 7.35. The smallest absolute Gasteiger partial charge is 0.0707 e. The number of nitrogens with one attached hydrogen (secondary N) is 1. The van der Waals surface area contributed by atoms with Crippen LogP contribution in [0.4, 0.5) is 0 Å². The summed E-state index contributed by atoms with van der Waals surface area (Å²) in [7, 11) is 2.11. The van der Waals surface area contributed by atoms with Crippen LogP contribution in [-0.4, -0.2) is 49.8 Å². The van der Waals surface area contributed by atoms with Crippen LogP contribution in [0.25, 0.3) is 0 Å². The van der Waals surface area contributed by atoms with E-state index in [4.69, 9.17) is 4.74 Å². The fourth-order valence-electron chi connectivity index (χ4n) is 3.10. The second-order valence-electron chi connectivity index (χ2n) is 5.41. The molecule has 2 saturated heterocycles. The first-order valence-electron chi connectivity index (χ1n) is 6.40. The number of nitrogens with zero attached hydrogens (tertiary/aromatic N) is 1.